The summed E-state index contributed by atoms with van der Waals surface area (Å²) in [5.41, 5.74) is 2.52. The van der Waals surface area contributed by atoms with E-state index in [1.54, 1.807) is 17.0 Å². The molecule has 272 valence electrons. The lowest BCUT2D eigenvalue weighted by atomic mass is 9.55. The van der Waals surface area contributed by atoms with Gasteiger partial charge in [-0.2, -0.15) is 0 Å². The van der Waals surface area contributed by atoms with Crippen molar-refractivity contribution in [3.63, 3.8) is 0 Å². The van der Waals surface area contributed by atoms with Crippen LogP contribution in [0.3, 0.4) is 0 Å². The molecule has 1 heterocycles. The highest BCUT2D eigenvalue weighted by atomic mass is 16.7. The maximum atomic E-state index is 13.5. The average Bonchev–Trinajstić information content (AvgIpc) is 3.10. The number of allylic oxidation sites excluding steroid dienone is 1. The number of hydrogen-bond acceptors (Lipinski definition) is 10. The lowest BCUT2D eigenvalue weighted by molar-refractivity contribution is -0.255. The van der Waals surface area contributed by atoms with Crippen LogP contribution in [0.4, 0.5) is 9.59 Å². The Morgan fingerprint density at radius 2 is 1.90 bits per heavy atom. The number of carbonyl (C=O) groups excluding carboxylic acids is 2. The number of benzene rings is 1. The van der Waals surface area contributed by atoms with Gasteiger partial charge in [-0.05, 0) is 81.6 Å². The minimum atomic E-state index is -1.36. The number of rotatable bonds is 18. The number of ether oxygens (including phenoxy) is 4. The number of methoxy groups -OCH3 is 1. The van der Waals surface area contributed by atoms with E-state index in [9.17, 15) is 19.8 Å². The Kier molecular flexibility index (Phi) is 14.3. The van der Waals surface area contributed by atoms with E-state index in [0.717, 1.165) is 36.8 Å². The molecule has 6 atom stereocenters. The molecule has 0 saturated heterocycles. The zero-order valence-electron chi connectivity index (χ0n) is 29.5. The van der Waals surface area contributed by atoms with E-state index in [1.807, 2.05) is 32.9 Å². The Morgan fingerprint density at radius 3 is 2.55 bits per heavy atom. The molecule has 4 rings (SSSR count). The highest BCUT2D eigenvalue weighted by molar-refractivity contribution is 6.03. The van der Waals surface area contributed by atoms with Crippen molar-refractivity contribution >= 4 is 17.9 Å². The third-order valence-electron chi connectivity index (χ3n) is 9.73. The van der Waals surface area contributed by atoms with Gasteiger partial charge in [0.1, 0.15) is 24.1 Å². The first-order valence-corrected chi connectivity index (χ1v) is 17.8. The van der Waals surface area contributed by atoms with Crippen molar-refractivity contribution in [2.24, 2.45) is 22.9 Å². The summed E-state index contributed by atoms with van der Waals surface area (Å²) in [6.45, 7) is 11.2. The summed E-state index contributed by atoms with van der Waals surface area (Å²) < 4.78 is 25.0. The molecule has 0 aromatic heterocycles. The smallest absolute Gasteiger partial charge is 0.412 e. The highest BCUT2D eigenvalue weighted by Crippen LogP contribution is 2.62. The molecule has 12 nitrogen and oxygen atoms in total. The second-order valence-corrected chi connectivity index (χ2v) is 12.8. The molecular formula is C37H55N3O9. The Bertz CT molecular complexity index is 1330. The van der Waals surface area contributed by atoms with Crippen LogP contribution in [0, 0.1) is 17.8 Å². The molecule has 3 aliphatic rings. The van der Waals surface area contributed by atoms with Crippen LogP contribution in [0.2, 0.25) is 0 Å². The second-order valence-electron chi connectivity index (χ2n) is 12.8. The summed E-state index contributed by atoms with van der Waals surface area (Å²) in [5, 5.41) is 26.8. The molecular weight excluding hydrogens is 630 g/mol. The standard InChI is InChI=1S/C37H55N3O9/c1-6-18-40(36(44)45-5)32-24-30(39-47-9-4)28-22-25(14-10-12-19-41)27(15-11-13-20-42)33-29-23-26(48-35(43)38-8-3)16-17-31(29)49-37(32,34(28)33)46-21-7-2/h7,16-17,22-23,25,27,32-34,41-42H,2,6,8-15,18-21,24H2,1,3-5H3,(H,38,43)/t25-,27+,32-,33+,34+,37+/m0/s1. The van der Waals surface area contributed by atoms with Crippen LogP contribution >= 0.6 is 0 Å². The maximum absolute atomic E-state index is 13.5. The number of aliphatic hydroxyl groups excluding tert-OH is 2. The van der Waals surface area contributed by atoms with Crippen LogP contribution in [0.15, 0.2) is 47.7 Å². The van der Waals surface area contributed by atoms with E-state index >= 15 is 0 Å². The van der Waals surface area contributed by atoms with Gasteiger partial charge in [-0.25, -0.2) is 9.59 Å². The van der Waals surface area contributed by atoms with Crippen molar-refractivity contribution in [2.75, 3.05) is 46.6 Å². The largest absolute Gasteiger partial charge is 0.459 e. The quantitative estimate of drug-likeness (QED) is 0.0972. The van der Waals surface area contributed by atoms with Gasteiger partial charge >= 0.3 is 12.2 Å². The van der Waals surface area contributed by atoms with E-state index in [4.69, 9.17) is 23.8 Å². The van der Waals surface area contributed by atoms with Gasteiger partial charge in [0.2, 0.25) is 5.79 Å². The molecule has 1 fully saturated rings. The van der Waals surface area contributed by atoms with Crippen molar-refractivity contribution in [1.29, 1.82) is 0 Å². The van der Waals surface area contributed by atoms with Crippen LogP contribution in [-0.2, 0) is 14.3 Å². The van der Waals surface area contributed by atoms with Crippen molar-refractivity contribution in [2.45, 2.75) is 89.9 Å². The van der Waals surface area contributed by atoms with Gasteiger partial charge in [0, 0.05) is 44.2 Å². The minimum Gasteiger partial charge on any atom is -0.459 e. The summed E-state index contributed by atoms with van der Waals surface area (Å²) in [6, 6.07) is 4.75. The number of hydrogen-bond donors (Lipinski definition) is 3. The highest BCUT2D eigenvalue weighted by Gasteiger charge is 2.65. The maximum Gasteiger partial charge on any atom is 0.412 e. The van der Waals surface area contributed by atoms with Crippen LogP contribution < -0.4 is 14.8 Å². The topological polar surface area (TPSA) is 148 Å². The van der Waals surface area contributed by atoms with E-state index in [2.05, 4.69) is 23.1 Å². The zero-order chi connectivity index (χ0) is 35.4. The summed E-state index contributed by atoms with van der Waals surface area (Å²) in [5.74, 6) is -0.930. The minimum absolute atomic E-state index is 0.0536. The van der Waals surface area contributed by atoms with E-state index in [0.29, 0.717) is 62.6 Å². The van der Waals surface area contributed by atoms with Gasteiger partial charge in [0.25, 0.3) is 0 Å². The molecule has 0 unspecified atom stereocenters. The number of nitrogens with zero attached hydrogens (tertiary/aromatic N) is 2. The Hall–Kier alpha value is -3.61. The molecule has 49 heavy (non-hydrogen) atoms. The van der Waals surface area contributed by atoms with Crippen LogP contribution in [-0.4, -0.2) is 91.5 Å². The molecule has 2 aliphatic carbocycles. The predicted octanol–water partition coefficient (Wildman–Crippen LogP) is 5.93. The van der Waals surface area contributed by atoms with Crippen LogP contribution in [0.5, 0.6) is 11.5 Å². The predicted molar refractivity (Wildman–Crippen MR) is 186 cm³/mol. The van der Waals surface area contributed by atoms with Crippen molar-refractivity contribution in [1.82, 2.24) is 10.2 Å². The van der Waals surface area contributed by atoms with Gasteiger partial charge < -0.3 is 39.3 Å². The molecule has 0 radical (unpaired) electrons. The van der Waals surface area contributed by atoms with Crippen molar-refractivity contribution in [3.05, 3.63) is 48.1 Å². The lowest BCUT2D eigenvalue weighted by Crippen LogP contribution is -2.70. The van der Waals surface area contributed by atoms with Gasteiger partial charge in [0.15, 0.2) is 0 Å². The van der Waals surface area contributed by atoms with Crippen molar-refractivity contribution < 1.29 is 43.6 Å². The third kappa shape index (κ3) is 8.41. The van der Waals surface area contributed by atoms with E-state index in [-0.39, 0.29) is 37.6 Å². The Balaban J connectivity index is 2.03. The number of nitrogens with one attached hydrogen (secondary N) is 1. The number of amides is 2. The van der Waals surface area contributed by atoms with E-state index in [1.165, 1.54) is 7.11 Å². The van der Waals surface area contributed by atoms with Gasteiger partial charge in [0.05, 0.1) is 25.3 Å². The van der Waals surface area contributed by atoms with Gasteiger partial charge in [-0.1, -0.05) is 37.1 Å². The van der Waals surface area contributed by atoms with Gasteiger partial charge in [-0.3, -0.25) is 4.90 Å². The summed E-state index contributed by atoms with van der Waals surface area (Å²) in [6.07, 6.45) is 8.48. The first-order chi connectivity index (χ1) is 23.8. The fourth-order valence-corrected chi connectivity index (χ4v) is 7.87. The van der Waals surface area contributed by atoms with Crippen LogP contribution in [0.25, 0.3) is 0 Å². The molecule has 0 bridgehead atoms. The number of fused-ring (bicyclic) bond motifs is 2. The molecule has 3 N–H and O–H groups in total. The SMILES string of the molecule is C=CCO[C@@]12Oc3ccc(OC(=O)NCC)cc3[C@H]3[C@H](CCCCO)[C@@H](CCCCO)C=C(C(=NOCC)C[C@@H]1N(CCC)C(=O)OC)[C@H]32. The normalized spacial score (nSPS) is 26.0. The number of oxime groups is 1. The monoisotopic (exact) mass is 685 g/mol. The molecule has 1 aromatic carbocycles. The zero-order valence-corrected chi connectivity index (χ0v) is 29.5. The molecule has 2 amide bonds. The first-order valence-electron chi connectivity index (χ1n) is 17.8. The summed E-state index contributed by atoms with van der Waals surface area (Å²) >= 11 is 0. The summed E-state index contributed by atoms with van der Waals surface area (Å²) in [4.78, 5) is 33.5. The number of aliphatic hydroxyl groups is 2. The number of unbranched alkanes of at least 4 members (excludes halogenated alkanes) is 2. The molecule has 1 saturated carbocycles. The second kappa shape index (κ2) is 18.4. The van der Waals surface area contributed by atoms with Crippen LogP contribution in [0.1, 0.15) is 83.6 Å². The first kappa shape index (κ1) is 38.2. The third-order valence-corrected chi connectivity index (χ3v) is 9.73. The molecule has 0 spiro atoms. The van der Waals surface area contributed by atoms with Crippen molar-refractivity contribution in [3.8, 4) is 11.5 Å². The average molecular weight is 686 g/mol. The Morgan fingerprint density at radius 1 is 1.14 bits per heavy atom. The lowest BCUT2D eigenvalue weighted by Gasteiger charge is -2.59. The molecule has 1 aromatic rings. The van der Waals surface area contributed by atoms with Gasteiger partial charge in [-0.15, -0.1) is 6.58 Å². The fraction of sp³-hybridized carbons (Fsp3) is 0.649. The Labute approximate surface area is 290 Å². The molecule has 12 heteroatoms. The fourth-order valence-electron chi connectivity index (χ4n) is 7.87. The molecule has 1 aliphatic heterocycles. The van der Waals surface area contributed by atoms with E-state index < -0.39 is 29.9 Å². The number of carbonyl (C=O) groups is 2. The summed E-state index contributed by atoms with van der Waals surface area (Å²) in [7, 11) is 1.37.